The first-order chi connectivity index (χ1) is 10.9. The zero-order valence-corrected chi connectivity index (χ0v) is 16.1. The molecule has 0 radical (unpaired) electrons. The quantitative estimate of drug-likeness (QED) is 0.409. The van der Waals surface area contributed by atoms with Crippen LogP contribution >= 0.6 is 0 Å². The smallest absolute Gasteiger partial charge is 0.245 e. The predicted octanol–water partition coefficient (Wildman–Crippen LogP) is 0.530. The van der Waals surface area contributed by atoms with Crippen LogP contribution in [0.5, 0.6) is 0 Å². The lowest BCUT2D eigenvalue weighted by atomic mass is 10.0. The molecular formula is C17H36N4O3. The Morgan fingerprint density at radius 2 is 1.67 bits per heavy atom. The number of hydrogen-bond acceptors (Lipinski definition) is 5. The lowest BCUT2D eigenvalue weighted by Crippen LogP contribution is -2.50. The van der Waals surface area contributed by atoms with Gasteiger partial charge >= 0.3 is 0 Å². The Balaban J connectivity index is 3.78. The van der Waals surface area contributed by atoms with Crippen molar-refractivity contribution in [1.82, 2.24) is 16.0 Å². The normalized spacial score (nSPS) is 13.6. The van der Waals surface area contributed by atoms with Gasteiger partial charge < -0.3 is 26.4 Å². The first kappa shape index (κ1) is 22.8. The SMILES string of the molecule is CC(C)(C)NCCOCC(=O)NCCCC(NC(C)(C)C)C(N)=O. The minimum absolute atomic E-state index is 0.0453. The highest BCUT2D eigenvalue weighted by Crippen LogP contribution is 2.05. The van der Waals surface area contributed by atoms with E-state index >= 15 is 0 Å². The minimum atomic E-state index is -0.387. The van der Waals surface area contributed by atoms with Gasteiger partial charge in [-0.15, -0.1) is 0 Å². The topological polar surface area (TPSA) is 105 Å². The van der Waals surface area contributed by atoms with E-state index in [0.29, 0.717) is 32.5 Å². The third-order valence-electron chi connectivity index (χ3n) is 3.08. The molecule has 7 heteroatoms. The summed E-state index contributed by atoms with van der Waals surface area (Å²) >= 11 is 0. The van der Waals surface area contributed by atoms with Crippen LogP contribution in [0.4, 0.5) is 0 Å². The fraction of sp³-hybridized carbons (Fsp3) is 0.882. The van der Waals surface area contributed by atoms with Gasteiger partial charge in [0.25, 0.3) is 0 Å². The zero-order chi connectivity index (χ0) is 18.8. The zero-order valence-electron chi connectivity index (χ0n) is 16.1. The molecule has 0 bridgehead atoms. The van der Waals surface area contributed by atoms with Gasteiger partial charge in [-0.2, -0.15) is 0 Å². The van der Waals surface area contributed by atoms with Crippen LogP contribution < -0.4 is 21.7 Å². The van der Waals surface area contributed by atoms with E-state index in [1.54, 1.807) is 0 Å². The van der Waals surface area contributed by atoms with Crippen molar-refractivity contribution in [1.29, 1.82) is 0 Å². The summed E-state index contributed by atoms with van der Waals surface area (Å²) in [5.74, 6) is -0.518. The second-order valence-electron chi connectivity index (χ2n) is 8.07. The van der Waals surface area contributed by atoms with Crippen molar-refractivity contribution in [2.45, 2.75) is 71.5 Å². The van der Waals surface area contributed by atoms with Crippen molar-refractivity contribution >= 4 is 11.8 Å². The van der Waals surface area contributed by atoms with E-state index in [2.05, 4.69) is 36.7 Å². The Bertz CT molecular complexity index is 386. The number of hydrogen-bond donors (Lipinski definition) is 4. The Morgan fingerprint density at radius 3 is 2.17 bits per heavy atom. The molecule has 0 heterocycles. The molecule has 1 atom stereocenters. The fourth-order valence-electron chi connectivity index (χ4n) is 2.06. The van der Waals surface area contributed by atoms with Gasteiger partial charge in [0.05, 0.1) is 12.6 Å². The molecule has 2 amide bonds. The molecule has 24 heavy (non-hydrogen) atoms. The second kappa shape index (κ2) is 10.6. The summed E-state index contributed by atoms with van der Waals surface area (Å²) in [5.41, 5.74) is 5.26. The highest BCUT2D eigenvalue weighted by atomic mass is 16.5. The average molecular weight is 345 g/mol. The van der Waals surface area contributed by atoms with Crippen LogP contribution in [0.15, 0.2) is 0 Å². The highest BCUT2D eigenvalue weighted by molar-refractivity contribution is 5.80. The van der Waals surface area contributed by atoms with Gasteiger partial charge in [0, 0.05) is 24.2 Å². The van der Waals surface area contributed by atoms with Crippen molar-refractivity contribution in [3.05, 3.63) is 0 Å². The molecule has 0 rings (SSSR count). The number of primary amides is 1. The molecular weight excluding hydrogens is 308 g/mol. The van der Waals surface area contributed by atoms with Gasteiger partial charge in [-0.1, -0.05) is 0 Å². The van der Waals surface area contributed by atoms with E-state index in [4.69, 9.17) is 10.5 Å². The van der Waals surface area contributed by atoms with Crippen molar-refractivity contribution < 1.29 is 14.3 Å². The van der Waals surface area contributed by atoms with Gasteiger partial charge in [0.1, 0.15) is 6.61 Å². The first-order valence-electron chi connectivity index (χ1n) is 8.57. The van der Waals surface area contributed by atoms with Crippen LogP contribution in [0.1, 0.15) is 54.4 Å². The van der Waals surface area contributed by atoms with E-state index < -0.39 is 0 Å². The molecule has 0 aromatic heterocycles. The fourth-order valence-corrected chi connectivity index (χ4v) is 2.06. The lowest BCUT2D eigenvalue weighted by molar-refractivity contribution is -0.125. The van der Waals surface area contributed by atoms with Gasteiger partial charge in [0.15, 0.2) is 0 Å². The largest absolute Gasteiger partial charge is 0.370 e. The summed E-state index contributed by atoms with van der Waals surface area (Å²) in [7, 11) is 0. The Hall–Kier alpha value is -1.18. The van der Waals surface area contributed by atoms with E-state index in [9.17, 15) is 9.59 Å². The van der Waals surface area contributed by atoms with Crippen molar-refractivity contribution in [3.8, 4) is 0 Å². The van der Waals surface area contributed by atoms with E-state index in [1.165, 1.54) is 0 Å². The number of carbonyl (C=O) groups excluding carboxylic acids is 2. The molecule has 0 aliphatic carbocycles. The Labute approximate surface area is 146 Å². The number of nitrogens with one attached hydrogen (secondary N) is 3. The van der Waals surface area contributed by atoms with E-state index in [-0.39, 0.29) is 35.5 Å². The Morgan fingerprint density at radius 1 is 1.04 bits per heavy atom. The molecule has 0 aliphatic heterocycles. The van der Waals surface area contributed by atoms with Crippen LogP contribution in [0, 0.1) is 0 Å². The van der Waals surface area contributed by atoms with Gasteiger partial charge in [-0.05, 0) is 54.4 Å². The number of carbonyl (C=O) groups is 2. The molecule has 0 aliphatic rings. The molecule has 0 saturated heterocycles. The van der Waals surface area contributed by atoms with Gasteiger partial charge in [-0.25, -0.2) is 0 Å². The van der Waals surface area contributed by atoms with Crippen molar-refractivity contribution in [3.63, 3.8) is 0 Å². The standard InChI is InChI=1S/C17H36N4O3/c1-16(2,3)20-10-11-24-12-14(22)19-9-7-8-13(15(18)23)21-17(4,5)6/h13,20-21H,7-12H2,1-6H3,(H2,18,23)(H,19,22). The van der Waals surface area contributed by atoms with Gasteiger partial charge in [0.2, 0.25) is 11.8 Å². The maximum absolute atomic E-state index is 11.6. The van der Waals surface area contributed by atoms with Crippen LogP contribution in [-0.2, 0) is 14.3 Å². The van der Waals surface area contributed by atoms with Crippen molar-refractivity contribution in [2.24, 2.45) is 5.73 Å². The molecule has 5 N–H and O–H groups in total. The lowest BCUT2D eigenvalue weighted by Gasteiger charge is -2.26. The minimum Gasteiger partial charge on any atom is -0.370 e. The number of ether oxygens (including phenoxy) is 1. The van der Waals surface area contributed by atoms with E-state index in [0.717, 1.165) is 0 Å². The van der Waals surface area contributed by atoms with Crippen LogP contribution in [-0.4, -0.2) is 55.2 Å². The van der Waals surface area contributed by atoms with Gasteiger partial charge in [-0.3, -0.25) is 9.59 Å². The second-order valence-corrected chi connectivity index (χ2v) is 8.07. The first-order valence-corrected chi connectivity index (χ1v) is 8.57. The summed E-state index contributed by atoms with van der Waals surface area (Å²) in [6.07, 6.45) is 1.26. The third-order valence-corrected chi connectivity index (χ3v) is 3.08. The van der Waals surface area contributed by atoms with Crippen molar-refractivity contribution in [2.75, 3.05) is 26.3 Å². The van der Waals surface area contributed by atoms with Crippen LogP contribution in [0.25, 0.3) is 0 Å². The summed E-state index contributed by atoms with van der Waals surface area (Å²) in [4.78, 5) is 23.1. The molecule has 0 aromatic carbocycles. The summed E-state index contributed by atoms with van der Waals surface area (Å²) < 4.78 is 5.31. The summed E-state index contributed by atoms with van der Waals surface area (Å²) in [6, 6.07) is -0.387. The average Bonchev–Trinajstić information content (AvgIpc) is 2.39. The molecule has 0 spiro atoms. The monoisotopic (exact) mass is 344 g/mol. The molecule has 142 valence electrons. The molecule has 0 fully saturated rings. The summed E-state index contributed by atoms with van der Waals surface area (Å²) in [6.45, 7) is 13.9. The highest BCUT2D eigenvalue weighted by Gasteiger charge is 2.21. The molecule has 0 saturated carbocycles. The Kier molecular flexibility index (Phi) is 10.1. The number of amides is 2. The maximum Gasteiger partial charge on any atom is 0.245 e. The molecule has 7 nitrogen and oxygen atoms in total. The third kappa shape index (κ3) is 14.4. The van der Waals surface area contributed by atoms with Crippen LogP contribution in [0.3, 0.4) is 0 Å². The maximum atomic E-state index is 11.6. The predicted molar refractivity (Wildman–Crippen MR) is 96.7 cm³/mol. The number of rotatable bonds is 11. The van der Waals surface area contributed by atoms with E-state index in [1.807, 2.05) is 20.8 Å². The molecule has 0 aromatic rings. The van der Waals surface area contributed by atoms with Crippen LogP contribution in [0.2, 0.25) is 0 Å². The number of nitrogens with two attached hydrogens (primary N) is 1. The summed E-state index contributed by atoms with van der Waals surface area (Å²) in [5, 5.41) is 9.25. The molecule has 1 unspecified atom stereocenters.